The van der Waals surface area contributed by atoms with Gasteiger partial charge in [-0.25, -0.2) is 0 Å². The minimum absolute atomic E-state index is 0.139. The number of rotatable bonds is 5. The number of hydrogen-bond acceptors (Lipinski definition) is 6. The Labute approximate surface area is 103 Å². The third-order valence-corrected chi connectivity index (χ3v) is 2.20. The lowest BCUT2D eigenvalue weighted by Crippen LogP contribution is -2.29. The van der Waals surface area contributed by atoms with Crippen LogP contribution >= 0.6 is 0 Å². The Hall–Kier alpha value is -2.38. The molecule has 0 radical (unpaired) electrons. The van der Waals surface area contributed by atoms with Crippen LogP contribution in [0.5, 0.6) is 0 Å². The number of nitrogens with zero attached hydrogens (tertiary/aromatic N) is 4. The standard InChI is InChI=1S/C10H14N6O2/c1-7-13-10(18-15-7)2-4-12-9(17)6-16-5-3-8(11)14-16/h3,5H,2,4,6H2,1H3,(H2,11,14)(H,12,17). The van der Waals surface area contributed by atoms with Crippen molar-refractivity contribution in [1.29, 1.82) is 0 Å². The molecule has 2 aromatic rings. The summed E-state index contributed by atoms with van der Waals surface area (Å²) in [6.07, 6.45) is 2.16. The molecule has 0 fully saturated rings. The van der Waals surface area contributed by atoms with E-state index in [0.717, 1.165) is 0 Å². The number of nitrogens with one attached hydrogen (secondary N) is 1. The van der Waals surface area contributed by atoms with Crippen molar-refractivity contribution in [3.05, 3.63) is 24.0 Å². The van der Waals surface area contributed by atoms with Crippen molar-refractivity contribution in [2.75, 3.05) is 12.3 Å². The van der Waals surface area contributed by atoms with Crippen LogP contribution in [-0.4, -0.2) is 32.4 Å². The maximum atomic E-state index is 11.5. The van der Waals surface area contributed by atoms with Gasteiger partial charge >= 0.3 is 0 Å². The maximum absolute atomic E-state index is 11.5. The number of carbonyl (C=O) groups excluding carboxylic acids is 1. The quantitative estimate of drug-likeness (QED) is 0.741. The van der Waals surface area contributed by atoms with Crippen molar-refractivity contribution in [3.63, 3.8) is 0 Å². The van der Waals surface area contributed by atoms with E-state index in [0.29, 0.717) is 30.5 Å². The summed E-state index contributed by atoms with van der Waals surface area (Å²) in [5.74, 6) is 1.35. The Morgan fingerprint density at radius 2 is 2.44 bits per heavy atom. The molecule has 2 aromatic heterocycles. The summed E-state index contributed by atoms with van der Waals surface area (Å²) >= 11 is 0. The van der Waals surface area contributed by atoms with Gasteiger partial charge in [-0.3, -0.25) is 9.48 Å². The molecular formula is C10H14N6O2. The number of aryl methyl sites for hydroxylation is 1. The summed E-state index contributed by atoms with van der Waals surface area (Å²) in [6.45, 7) is 2.32. The van der Waals surface area contributed by atoms with Crippen molar-refractivity contribution in [2.24, 2.45) is 0 Å². The molecule has 8 nitrogen and oxygen atoms in total. The van der Waals surface area contributed by atoms with Gasteiger partial charge in [0.1, 0.15) is 12.4 Å². The Balaban J connectivity index is 1.72. The molecule has 1 amide bonds. The first-order valence-electron chi connectivity index (χ1n) is 5.48. The van der Waals surface area contributed by atoms with Crippen LogP contribution in [0, 0.1) is 6.92 Å². The second-order valence-corrected chi connectivity index (χ2v) is 3.77. The molecule has 0 spiro atoms. The monoisotopic (exact) mass is 250 g/mol. The highest BCUT2D eigenvalue weighted by Gasteiger charge is 2.06. The third kappa shape index (κ3) is 3.30. The van der Waals surface area contributed by atoms with E-state index < -0.39 is 0 Å². The first kappa shape index (κ1) is 12.1. The molecule has 0 aliphatic heterocycles. The molecule has 3 N–H and O–H groups in total. The Bertz CT molecular complexity index is 532. The molecule has 0 unspecified atom stereocenters. The van der Waals surface area contributed by atoms with Crippen LogP contribution < -0.4 is 11.1 Å². The van der Waals surface area contributed by atoms with Gasteiger partial charge in [-0.05, 0) is 13.0 Å². The number of aromatic nitrogens is 4. The predicted octanol–water partition coefficient (Wildman–Crippen LogP) is -0.484. The fraction of sp³-hybridized carbons (Fsp3) is 0.400. The predicted molar refractivity (Wildman–Crippen MR) is 62.4 cm³/mol. The fourth-order valence-electron chi connectivity index (χ4n) is 1.42. The zero-order valence-corrected chi connectivity index (χ0v) is 9.96. The van der Waals surface area contributed by atoms with E-state index in [4.69, 9.17) is 10.3 Å². The van der Waals surface area contributed by atoms with Gasteiger partial charge in [-0.2, -0.15) is 10.1 Å². The second-order valence-electron chi connectivity index (χ2n) is 3.77. The van der Waals surface area contributed by atoms with E-state index in [-0.39, 0.29) is 12.5 Å². The van der Waals surface area contributed by atoms with E-state index in [1.165, 1.54) is 4.68 Å². The molecule has 0 atom stereocenters. The highest BCUT2D eigenvalue weighted by molar-refractivity contribution is 5.75. The SMILES string of the molecule is Cc1noc(CCNC(=O)Cn2ccc(N)n2)n1. The van der Waals surface area contributed by atoms with Crippen molar-refractivity contribution >= 4 is 11.7 Å². The number of hydrogen-bond donors (Lipinski definition) is 2. The molecule has 18 heavy (non-hydrogen) atoms. The lowest BCUT2D eigenvalue weighted by molar-refractivity contribution is -0.121. The number of nitrogen functional groups attached to an aromatic ring is 1. The molecule has 0 aliphatic carbocycles. The second kappa shape index (κ2) is 5.30. The van der Waals surface area contributed by atoms with E-state index in [9.17, 15) is 4.79 Å². The summed E-state index contributed by atoms with van der Waals surface area (Å²) in [4.78, 5) is 15.6. The lowest BCUT2D eigenvalue weighted by atomic mass is 10.4. The van der Waals surface area contributed by atoms with Crippen LogP contribution in [-0.2, 0) is 17.8 Å². The van der Waals surface area contributed by atoms with Gasteiger partial charge in [0.2, 0.25) is 11.8 Å². The van der Waals surface area contributed by atoms with Gasteiger partial charge in [0.05, 0.1) is 0 Å². The minimum Gasteiger partial charge on any atom is -0.382 e. The normalized spacial score (nSPS) is 10.5. The first-order chi connectivity index (χ1) is 8.63. The van der Waals surface area contributed by atoms with E-state index in [1.807, 2.05) is 0 Å². The van der Waals surface area contributed by atoms with E-state index >= 15 is 0 Å². The van der Waals surface area contributed by atoms with Gasteiger partial charge in [0.25, 0.3) is 0 Å². The van der Waals surface area contributed by atoms with Crippen LogP contribution in [0.15, 0.2) is 16.8 Å². The number of amides is 1. The van der Waals surface area contributed by atoms with Crippen LogP contribution in [0.25, 0.3) is 0 Å². The van der Waals surface area contributed by atoms with E-state index in [2.05, 4.69) is 20.6 Å². The third-order valence-electron chi connectivity index (χ3n) is 2.20. The van der Waals surface area contributed by atoms with Gasteiger partial charge in [0, 0.05) is 19.2 Å². The van der Waals surface area contributed by atoms with Crippen LogP contribution in [0.3, 0.4) is 0 Å². The summed E-state index contributed by atoms with van der Waals surface area (Å²) < 4.78 is 6.39. The van der Waals surface area contributed by atoms with Crippen LogP contribution in [0.4, 0.5) is 5.82 Å². The number of anilines is 1. The lowest BCUT2D eigenvalue weighted by Gasteiger charge is -2.03. The van der Waals surface area contributed by atoms with Gasteiger partial charge in [0.15, 0.2) is 5.82 Å². The molecule has 0 saturated heterocycles. The van der Waals surface area contributed by atoms with Crippen LogP contribution in [0.2, 0.25) is 0 Å². The highest BCUT2D eigenvalue weighted by Crippen LogP contribution is 1.97. The summed E-state index contributed by atoms with van der Waals surface area (Å²) in [5, 5.41) is 10.3. The number of carbonyl (C=O) groups is 1. The Morgan fingerprint density at radius 3 is 3.06 bits per heavy atom. The highest BCUT2D eigenvalue weighted by atomic mass is 16.5. The molecule has 2 rings (SSSR count). The molecular weight excluding hydrogens is 236 g/mol. The average Bonchev–Trinajstić information content (AvgIpc) is 2.88. The fourth-order valence-corrected chi connectivity index (χ4v) is 1.42. The smallest absolute Gasteiger partial charge is 0.241 e. The van der Waals surface area contributed by atoms with Crippen molar-refractivity contribution in [3.8, 4) is 0 Å². The zero-order chi connectivity index (χ0) is 13.0. The molecule has 96 valence electrons. The summed E-state index contributed by atoms with van der Waals surface area (Å²) in [6, 6.07) is 1.63. The Morgan fingerprint density at radius 1 is 1.61 bits per heavy atom. The molecule has 0 bridgehead atoms. The number of nitrogens with two attached hydrogens (primary N) is 1. The van der Waals surface area contributed by atoms with Gasteiger partial charge < -0.3 is 15.6 Å². The molecule has 8 heteroatoms. The minimum atomic E-state index is -0.144. The topological polar surface area (TPSA) is 112 Å². The Kier molecular flexibility index (Phi) is 3.56. The van der Waals surface area contributed by atoms with Crippen molar-refractivity contribution in [1.82, 2.24) is 25.2 Å². The molecule has 0 aliphatic rings. The zero-order valence-electron chi connectivity index (χ0n) is 9.96. The first-order valence-corrected chi connectivity index (χ1v) is 5.48. The van der Waals surface area contributed by atoms with Crippen molar-refractivity contribution in [2.45, 2.75) is 19.9 Å². The summed E-state index contributed by atoms with van der Waals surface area (Å²) in [5.41, 5.74) is 5.44. The molecule has 0 saturated carbocycles. The maximum Gasteiger partial charge on any atom is 0.241 e. The van der Waals surface area contributed by atoms with E-state index in [1.54, 1.807) is 19.2 Å². The summed E-state index contributed by atoms with van der Waals surface area (Å²) in [7, 11) is 0. The van der Waals surface area contributed by atoms with Crippen LogP contribution in [0.1, 0.15) is 11.7 Å². The average molecular weight is 250 g/mol. The molecule has 2 heterocycles. The van der Waals surface area contributed by atoms with Crippen molar-refractivity contribution < 1.29 is 9.32 Å². The molecule has 0 aromatic carbocycles. The van der Waals surface area contributed by atoms with Gasteiger partial charge in [-0.1, -0.05) is 5.16 Å². The largest absolute Gasteiger partial charge is 0.382 e. The van der Waals surface area contributed by atoms with Gasteiger partial charge in [-0.15, -0.1) is 0 Å².